The third kappa shape index (κ3) is 15.4. The van der Waals surface area contributed by atoms with Gasteiger partial charge in [0.1, 0.15) is 24.6 Å². The van der Waals surface area contributed by atoms with Crippen molar-refractivity contribution >= 4 is 15.4 Å². The highest BCUT2D eigenvalue weighted by molar-refractivity contribution is 7.66. The van der Waals surface area contributed by atoms with Crippen molar-refractivity contribution in [3.05, 3.63) is 0 Å². The zero-order valence-corrected chi connectivity index (χ0v) is 25.1. The predicted octanol–water partition coefficient (Wildman–Crippen LogP) is 7.15. The fraction of sp³-hybridized carbons (Fsp3) is 1.00. The second kappa shape index (κ2) is 20.8. The van der Waals surface area contributed by atoms with Crippen LogP contribution in [0.25, 0.3) is 0 Å². The zero-order chi connectivity index (χ0) is 25.0. The third-order valence-electron chi connectivity index (χ3n) is 5.46. The van der Waals surface area contributed by atoms with Gasteiger partial charge >= 0.3 is 0 Å². The Morgan fingerprint density at radius 2 is 0.909 bits per heavy atom. The van der Waals surface area contributed by atoms with Gasteiger partial charge in [0.25, 0.3) is 15.4 Å². The largest absolute Gasteiger partial charge is 0.377 e. The number of rotatable bonds is 24. The average Bonchev–Trinajstić information content (AvgIpc) is 2.82. The number of hydrogen-bond donors (Lipinski definition) is 0. The molecule has 200 valence electrons. The molecule has 0 heterocycles. The highest BCUT2D eigenvalue weighted by Crippen LogP contribution is 2.62. The molecule has 0 aromatic carbocycles. The van der Waals surface area contributed by atoms with Crippen LogP contribution in [-0.4, -0.2) is 88.3 Å². The van der Waals surface area contributed by atoms with Crippen molar-refractivity contribution in [2.75, 3.05) is 77.3 Å². The van der Waals surface area contributed by atoms with E-state index in [-0.39, 0.29) is 6.10 Å². The van der Waals surface area contributed by atoms with Crippen molar-refractivity contribution in [3.63, 3.8) is 0 Å². The summed E-state index contributed by atoms with van der Waals surface area (Å²) in [5, 5.41) is 0. The molecular formula is C25H57NO5P2+2. The van der Waals surface area contributed by atoms with E-state index in [0.29, 0.717) is 0 Å². The second-order valence-electron chi connectivity index (χ2n) is 8.80. The summed E-state index contributed by atoms with van der Waals surface area (Å²) >= 11 is 0. The van der Waals surface area contributed by atoms with Crippen LogP contribution in [0.1, 0.15) is 81.1 Å². The Labute approximate surface area is 207 Å². The van der Waals surface area contributed by atoms with Gasteiger partial charge in [0.2, 0.25) is 0 Å². The lowest BCUT2D eigenvalue weighted by atomic mass is 10.4. The Hall–Kier alpha value is 0.620. The predicted molar refractivity (Wildman–Crippen MR) is 147 cm³/mol. The molecule has 0 aliphatic rings. The molecule has 0 saturated heterocycles. The van der Waals surface area contributed by atoms with Gasteiger partial charge in [0.05, 0.1) is 39.1 Å². The van der Waals surface area contributed by atoms with Gasteiger partial charge in [-0.1, -0.05) is 27.7 Å². The van der Waals surface area contributed by atoms with E-state index in [1.54, 1.807) is 0 Å². The lowest BCUT2D eigenvalue weighted by Gasteiger charge is -2.29. The van der Waals surface area contributed by atoms with Crippen LogP contribution in [-0.2, 0) is 22.8 Å². The van der Waals surface area contributed by atoms with Crippen molar-refractivity contribution in [1.82, 2.24) is 4.90 Å². The first-order valence-corrected chi connectivity index (χ1v) is 17.5. The van der Waals surface area contributed by atoms with E-state index in [4.69, 9.17) is 22.8 Å². The molecule has 0 N–H and O–H groups in total. The Morgan fingerprint density at radius 1 is 0.545 bits per heavy atom. The molecule has 0 aliphatic heterocycles. The summed E-state index contributed by atoms with van der Waals surface area (Å²) in [7, 11) is -3.72. The van der Waals surface area contributed by atoms with Crippen LogP contribution in [0.4, 0.5) is 0 Å². The van der Waals surface area contributed by atoms with Crippen molar-refractivity contribution in [3.8, 4) is 0 Å². The summed E-state index contributed by atoms with van der Waals surface area (Å²) in [4.78, 5) is 2.52. The summed E-state index contributed by atoms with van der Waals surface area (Å²) in [6.45, 7) is 24.0. The Balaban J connectivity index is 5.32. The molecule has 0 aromatic heterocycles. The molecule has 0 aliphatic carbocycles. The highest BCUT2D eigenvalue weighted by atomic mass is 31.2. The highest BCUT2D eigenvalue weighted by Gasteiger charge is 2.42. The molecule has 6 nitrogen and oxygen atoms in total. The Bertz CT molecular complexity index is 395. The fourth-order valence-corrected chi connectivity index (χ4v) is 8.65. The lowest BCUT2D eigenvalue weighted by Crippen LogP contribution is -2.35. The topological polar surface area (TPSA) is 49.4 Å². The van der Waals surface area contributed by atoms with E-state index in [1.807, 2.05) is 0 Å². The number of ether oxygens (including phenoxy) is 1. The van der Waals surface area contributed by atoms with Crippen LogP contribution in [0.15, 0.2) is 0 Å². The number of hydrogen-bond acceptors (Lipinski definition) is 6. The van der Waals surface area contributed by atoms with Gasteiger partial charge in [-0.25, -0.2) is 18.1 Å². The van der Waals surface area contributed by atoms with Gasteiger partial charge in [-0.2, -0.15) is 0 Å². The molecule has 0 atom stereocenters. The Morgan fingerprint density at radius 3 is 1.18 bits per heavy atom. The first-order chi connectivity index (χ1) is 15.9. The lowest BCUT2D eigenvalue weighted by molar-refractivity contribution is 0.0606. The summed E-state index contributed by atoms with van der Waals surface area (Å²) < 4.78 is 31.4. The van der Waals surface area contributed by atoms with Crippen LogP contribution in [0.2, 0.25) is 0 Å². The van der Waals surface area contributed by atoms with Gasteiger partial charge in [0, 0.05) is 19.6 Å². The minimum absolute atomic E-state index is 0.248. The van der Waals surface area contributed by atoms with Crippen molar-refractivity contribution in [1.29, 1.82) is 0 Å². The van der Waals surface area contributed by atoms with E-state index >= 15 is 0 Å². The summed E-state index contributed by atoms with van der Waals surface area (Å²) in [6.07, 6.45) is 8.21. The molecule has 0 radical (unpaired) electrons. The van der Waals surface area contributed by atoms with Gasteiger partial charge in [0.15, 0.2) is 0 Å². The molecule has 0 saturated carbocycles. The maximum Gasteiger partial charge on any atom is 0.276 e. The molecule has 0 fully saturated rings. The van der Waals surface area contributed by atoms with E-state index in [2.05, 4.69) is 60.3 Å². The standard InChI is InChI=1S/C25H57NO5P2/c1-9-18-28-32(13-5,29-19-10-2)23-16-26(15-22-27-25(7)8)17-24-33(14-6,30-20-11-3)31-21-12-4/h25H,9-24H2,1-8H3/q+2. The summed E-state index contributed by atoms with van der Waals surface area (Å²) in [5.41, 5.74) is 0. The van der Waals surface area contributed by atoms with Crippen molar-refractivity contribution < 1.29 is 22.8 Å². The average molecular weight is 514 g/mol. The molecular weight excluding hydrogens is 456 g/mol. The normalized spacial score (nSPS) is 12.9. The number of nitrogens with zero attached hydrogens (tertiary/aromatic N) is 1. The van der Waals surface area contributed by atoms with E-state index in [0.717, 1.165) is 103 Å². The van der Waals surface area contributed by atoms with E-state index in [1.165, 1.54) is 0 Å². The molecule has 0 spiro atoms. The van der Waals surface area contributed by atoms with E-state index in [9.17, 15) is 0 Å². The first kappa shape index (κ1) is 33.6. The summed E-state index contributed by atoms with van der Waals surface area (Å²) in [6, 6.07) is 0. The first-order valence-electron chi connectivity index (χ1n) is 13.5. The molecule has 0 aromatic rings. The minimum Gasteiger partial charge on any atom is -0.377 e. The molecule has 0 rings (SSSR count). The molecule has 8 heteroatoms. The fourth-order valence-electron chi connectivity index (χ4n) is 3.39. The quantitative estimate of drug-likeness (QED) is 0.128. The van der Waals surface area contributed by atoms with E-state index < -0.39 is 15.4 Å². The van der Waals surface area contributed by atoms with Crippen LogP contribution in [0.5, 0.6) is 0 Å². The minimum atomic E-state index is -1.86. The molecule has 0 amide bonds. The van der Waals surface area contributed by atoms with Gasteiger partial charge in [-0.3, -0.25) is 4.90 Å². The molecule has 0 unspecified atom stereocenters. The van der Waals surface area contributed by atoms with Crippen LogP contribution >= 0.6 is 15.4 Å². The maximum atomic E-state index is 6.38. The van der Waals surface area contributed by atoms with Crippen LogP contribution in [0.3, 0.4) is 0 Å². The van der Waals surface area contributed by atoms with Crippen LogP contribution < -0.4 is 0 Å². The third-order valence-corrected chi connectivity index (χ3v) is 11.8. The summed E-state index contributed by atoms with van der Waals surface area (Å²) in [5.74, 6) is 0. The van der Waals surface area contributed by atoms with Crippen molar-refractivity contribution in [2.45, 2.75) is 87.2 Å². The smallest absolute Gasteiger partial charge is 0.276 e. The maximum absolute atomic E-state index is 6.38. The monoisotopic (exact) mass is 513 g/mol. The Kier molecular flexibility index (Phi) is 21.2. The molecule has 0 bridgehead atoms. The zero-order valence-electron chi connectivity index (χ0n) is 23.3. The van der Waals surface area contributed by atoms with Gasteiger partial charge < -0.3 is 4.74 Å². The van der Waals surface area contributed by atoms with Gasteiger partial charge in [-0.05, 0) is 53.4 Å². The SMILES string of the molecule is CCCO[P+](CC)(CCN(CCOC(C)C)CC[P+](CC)(OCCC)OCCC)OCCC. The second-order valence-corrected chi connectivity index (χ2v) is 15.3. The van der Waals surface area contributed by atoms with Gasteiger partial charge in [-0.15, -0.1) is 0 Å². The van der Waals surface area contributed by atoms with Crippen LogP contribution in [0, 0.1) is 0 Å². The molecule has 33 heavy (non-hydrogen) atoms. The van der Waals surface area contributed by atoms with Crippen molar-refractivity contribution in [2.24, 2.45) is 0 Å².